The molecule has 0 aliphatic carbocycles. The van der Waals surface area contributed by atoms with Crippen LogP contribution in [0.25, 0.3) is 0 Å². The highest BCUT2D eigenvalue weighted by atomic mass is 19.4. The zero-order valence-corrected chi connectivity index (χ0v) is 13.5. The average molecular weight is 330 g/mol. The van der Waals surface area contributed by atoms with E-state index in [0.29, 0.717) is 12.2 Å². The Morgan fingerprint density at radius 2 is 2.00 bits per heavy atom. The number of alkyl halides is 3. The number of aromatic nitrogens is 1. The van der Waals surface area contributed by atoms with Gasteiger partial charge in [-0.1, -0.05) is 0 Å². The van der Waals surface area contributed by atoms with Crippen LogP contribution in [0.2, 0.25) is 0 Å². The van der Waals surface area contributed by atoms with Crippen LogP contribution in [0, 0.1) is 0 Å². The van der Waals surface area contributed by atoms with Crippen molar-refractivity contribution in [1.82, 2.24) is 14.8 Å². The topological polar surface area (TPSA) is 39.7 Å². The number of pyridine rings is 1. The fourth-order valence-corrected chi connectivity index (χ4v) is 2.72. The maximum Gasteiger partial charge on any atom is 0.433 e. The molecule has 0 saturated carbocycles. The summed E-state index contributed by atoms with van der Waals surface area (Å²) in [5.41, 5.74) is -0.247. The van der Waals surface area contributed by atoms with Crippen molar-refractivity contribution in [3.05, 3.63) is 24.0 Å². The normalized spacial score (nSPS) is 18.7. The molecule has 1 atom stereocenters. The van der Waals surface area contributed by atoms with E-state index in [0.717, 1.165) is 25.5 Å². The van der Waals surface area contributed by atoms with E-state index in [2.05, 4.69) is 4.98 Å². The Hall–Kier alpha value is -1.99. The van der Waals surface area contributed by atoms with Crippen molar-refractivity contribution in [1.29, 1.82) is 0 Å². The summed E-state index contributed by atoms with van der Waals surface area (Å²) in [5, 5.41) is 0. The number of hydrogen-bond acceptors (Lipinski definition) is 3. The Morgan fingerprint density at radius 3 is 2.52 bits per heavy atom. The molecule has 0 radical (unpaired) electrons. The van der Waals surface area contributed by atoms with Crippen molar-refractivity contribution in [2.24, 2.45) is 0 Å². The van der Waals surface area contributed by atoms with E-state index in [-0.39, 0.29) is 12.1 Å². The zero-order valence-electron chi connectivity index (χ0n) is 13.5. The number of carbonyl (C=O) groups is 1. The lowest BCUT2D eigenvalue weighted by Crippen LogP contribution is -2.51. The van der Waals surface area contributed by atoms with Gasteiger partial charge in [0.15, 0.2) is 0 Å². The molecule has 1 aliphatic rings. The Bertz CT molecular complexity index is 545. The maximum atomic E-state index is 12.6. The largest absolute Gasteiger partial charge is 0.433 e. The molecule has 5 nitrogen and oxygen atoms in total. The van der Waals surface area contributed by atoms with Crippen LogP contribution >= 0.6 is 0 Å². The summed E-state index contributed by atoms with van der Waals surface area (Å²) in [6, 6.07) is 2.38. The average Bonchev–Trinajstić information content (AvgIpc) is 2.52. The van der Waals surface area contributed by atoms with Gasteiger partial charge in [-0.2, -0.15) is 13.2 Å². The minimum absolute atomic E-state index is 0.0287. The highest BCUT2D eigenvalue weighted by Gasteiger charge is 2.33. The van der Waals surface area contributed by atoms with E-state index >= 15 is 0 Å². The van der Waals surface area contributed by atoms with Crippen molar-refractivity contribution in [2.75, 3.05) is 39.1 Å². The smallest absolute Gasteiger partial charge is 0.368 e. The van der Waals surface area contributed by atoms with E-state index in [1.54, 1.807) is 26.0 Å². The summed E-state index contributed by atoms with van der Waals surface area (Å²) in [6.07, 6.45) is -1.43. The molecular weight excluding hydrogens is 309 g/mol. The quantitative estimate of drug-likeness (QED) is 0.837. The van der Waals surface area contributed by atoms with Gasteiger partial charge in [0.25, 0.3) is 0 Å². The van der Waals surface area contributed by atoms with Gasteiger partial charge in [-0.3, -0.25) is 0 Å². The molecular formula is C15H21F3N4O. The van der Waals surface area contributed by atoms with Crippen molar-refractivity contribution >= 4 is 11.7 Å². The predicted molar refractivity (Wildman–Crippen MR) is 81.3 cm³/mol. The molecule has 0 spiro atoms. The number of anilines is 1. The molecule has 1 saturated heterocycles. The van der Waals surface area contributed by atoms with Gasteiger partial charge >= 0.3 is 12.2 Å². The molecule has 8 heteroatoms. The second-order valence-electron chi connectivity index (χ2n) is 5.93. The van der Waals surface area contributed by atoms with Gasteiger partial charge in [-0.15, -0.1) is 0 Å². The number of carbonyl (C=O) groups excluding carboxylic acids is 1. The van der Waals surface area contributed by atoms with Gasteiger partial charge in [0.05, 0.1) is 17.9 Å². The van der Waals surface area contributed by atoms with E-state index in [1.165, 1.54) is 17.2 Å². The molecule has 1 unspecified atom stereocenters. The second kappa shape index (κ2) is 6.64. The minimum Gasteiger partial charge on any atom is -0.368 e. The highest BCUT2D eigenvalue weighted by Crippen LogP contribution is 2.29. The number of halogens is 3. The highest BCUT2D eigenvalue weighted by molar-refractivity contribution is 5.74. The Morgan fingerprint density at radius 1 is 1.30 bits per heavy atom. The molecule has 0 bridgehead atoms. The molecule has 1 fully saturated rings. The molecule has 2 rings (SSSR count). The first-order valence-electron chi connectivity index (χ1n) is 7.42. The Kier molecular flexibility index (Phi) is 5.01. The number of piperidine rings is 1. The van der Waals surface area contributed by atoms with Crippen LogP contribution in [-0.2, 0) is 6.18 Å². The first kappa shape index (κ1) is 17.4. The number of likely N-dealkylation sites (N-methyl/N-ethyl adjacent to an activating group) is 1. The second-order valence-corrected chi connectivity index (χ2v) is 5.93. The summed E-state index contributed by atoms with van der Waals surface area (Å²) in [5.74, 6) is 0. The van der Waals surface area contributed by atoms with Gasteiger partial charge in [-0.25, -0.2) is 9.78 Å². The van der Waals surface area contributed by atoms with Crippen LogP contribution in [-0.4, -0.2) is 61.1 Å². The number of hydrogen-bond donors (Lipinski definition) is 0. The van der Waals surface area contributed by atoms with Gasteiger partial charge in [0, 0.05) is 34.2 Å². The van der Waals surface area contributed by atoms with Crippen molar-refractivity contribution in [2.45, 2.75) is 25.1 Å². The molecule has 1 aromatic heterocycles. The number of rotatable bonds is 2. The molecule has 1 aromatic rings. The van der Waals surface area contributed by atoms with Crippen LogP contribution in [0.3, 0.4) is 0 Å². The third-order valence-corrected chi connectivity index (χ3v) is 4.03. The summed E-state index contributed by atoms with van der Waals surface area (Å²) in [7, 11) is 5.14. The Labute approximate surface area is 133 Å². The molecule has 2 heterocycles. The van der Waals surface area contributed by atoms with Crippen LogP contribution in [0.1, 0.15) is 18.5 Å². The van der Waals surface area contributed by atoms with Crippen LogP contribution in [0.4, 0.5) is 23.7 Å². The molecule has 1 aliphatic heterocycles. The van der Waals surface area contributed by atoms with E-state index in [1.807, 2.05) is 4.90 Å². The van der Waals surface area contributed by atoms with E-state index < -0.39 is 11.9 Å². The fraction of sp³-hybridized carbons (Fsp3) is 0.600. The molecule has 128 valence electrons. The monoisotopic (exact) mass is 330 g/mol. The van der Waals surface area contributed by atoms with Crippen LogP contribution < -0.4 is 4.90 Å². The van der Waals surface area contributed by atoms with E-state index in [9.17, 15) is 18.0 Å². The molecule has 0 N–H and O–H groups in total. The third-order valence-electron chi connectivity index (χ3n) is 4.03. The van der Waals surface area contributed by atoms with Gasteiger partial charge in [0.1, 0.15) is 5.69 Å². The van der Waals surface area contributed by atoms with Gasteiger partial charge in [-0.05, 0) is 25.0 Å². The standard InChI is InChI=1S/C15H21F3N4O/c1-20(2)14(23)21(3)12-5-4-8-22(10-12)11-6-7-13(19-9-11)15(16,17)18/h6-7,9,12H,4-5,8,10H2,1-3H3. The number of nitrogens with zero attached hydrogens (tertiary/aromatic N) is 4. The maximum absolute atomic E-state index is 12.6. The first-order valence-corrected chi connectivity index (χ1v) is 7.42. The van der Waals surface area contributed by atoms with Gasteiger partial charge < -0.3 is 14.7 Å². The number of urea groups is 1. The summed E-state index contributed by atoms with van der Waals surface area (Å²) in [4.78, 5) is 20.7. The van der Waals surface area contributed by atoms with E-state index in [4.69, 9.17) is 0 Å². The molecule has 0 aromatic carbocycles. The SMILES string of the molecule is CN(C)C(=O)N(C)C1CCCN(c2ccc(C(F)(F)F)nc2)C1. The lowest BCUT2D eigenvalue weighted by molar-refractivity contribution is -0.141. The Balaban J connectivity index is 2.08. The minimum atomic E-state index is -4.43. The lowest BCUT2D eigenvalue weighted by Gasteiger charge is -2.39. The number of amides is 2. The summed E-state index contributed by atoms with van der Waals surface area (Å²) in [6.45, 7) is 1.33. The van der Waals surface area contributed by atoms with Crippen LogP contribution in [0.5, 0.6) is 0 Å². The third kappa shape index (κ3) is 4.05. The first-order chi connectivity index (χ1) is 10.7. The predicted octanol–water partition coefficient (Wildman–Crippen LogP) is 2.68. The van der Waals surface area contributed by atoms with Crippen molar-refractivity contribution in [3.8, 4) is 0 Å². The summed E-state index contributed by atoms with van der Waals surface area (Å²) < 4.78 is 37.7. The van der Waals surface area contributed by atoms with Gasteiger partial charge in [0.2, 0.25) is 0 Å². The summed E-state index contributed by atoms with van der Waals surface area (Å²) >= 11 is 0. The molecule has 23 heavy (non-hydrogen) atoms. The fourth-order valence-electron chi connectivity index (χ4n) is 2.72. The lowest BCUT2D eigenvalue weighted by atomic mass is 10.0. The zero-order chi connectivity index (χ0) is 17.2. The van der Waals surface area contributed by atoms with Crippen molar-refractivity contribution < 1.29 is 18.0 Å². The van der Waals surface area contributed by atoms with Crippen molar-refractivity contribution in [3.63, 3.8) is 0 Å². The molecule has 2 amide bonds. The van der Waals surface area contributed by atoms with Crippen LogP contribution in [0.15, 0.2) is 18.3 Å².